The Labute approximate surface area is 109 Å². The van der Waals surface area contributed by atoms with Crippen molar-refractivity contribution in [1.82, 2.24) is 5.32 Å². The van der Waals surface area contributed by atoms with Gasteiger partial charge in [0.05, 0.1) is 0 Å². The van der Waals surface area contributed by atoms with E-state index in [0.717, 1.165) is 15.4 Å². The van der Waals surface area contributed by atoms with Crippen LogP contribution < -0.4 is 5.32 Å². The molecule has 0 fully saturated rings. The predicted molar refractivity (Wildman–Crippen MR) is 71.5 cm³/mol. The Balaban J connectivity index is 2.52. The van der Waals surface area contributed by atoms with E-state index in [9.17, 15) is 9.59 Å². The Morgan fingerprint density at radius 1 is 1.50 bits per heavy atom. The van der Waals surface area contributed by atoms with Crippen LogP contribution >= 0.6 is 22.6 Å². The fourth-order valence-corrected chi connectivity index (χ4v) is 1.61. The molecule has 0 radical (unpaired) electrons. The summed E-state index contributed by atoms with van der Waals surface area (Å²) in [6.45, 7) is 2.52. The van der Waals surface area contributed by atoms with Crippen LogP contribution in [-0.2, 0) is 4.79 Å². The smallest absolute Gasteiger partial charge is 0.251 e. The van der Waals surface area contributed by atoms with Gasteiger partial charge in [0.25, 0.3) is 5.91 Å². The second kappa shape index (κ2) is 6.62. The van der Waals surface area contributed by atoms with Crippen molar-refractivity contribution in [2.45, 2.75) is 19.8 Å². The van der Waals surface area contributed by atoms with Gasteiger partial charge < -0.3 is 10.1 Å². The number of carbonyl (C=O) groups excluding carboxylic acids is 2. The standard InChI is InChI=1S/C12H14INO2/c1-9-8-10(4-5-11(9)13)12(16)14-6-2-3-7-15/h4-5,7-8H,2-3,6H2,1H3,(H,14,16). The van der Waals surface area contributed by atoms with Crippen molar-refractivity contribution in [1.29, 1.82) is 0 Å². The minimum absolute atomic E-state index is 0.0783. The Kier molecular flexibility index (Phi) is 5.45. The molecular weight excluding hydrogens is 317 g/mol. The van der Waals surface area contributed by atoms with Gasteiger partial charge in [0, 0.05) is 22.1 Å². The molecule has 0 aliphatic rings. The summed E-state index contributed by atoms with van der Waals surface area (Å²) in [5, 5.41) is 2.78. The first kappa shape index (κ1) is 13.2. The number of aldehydes is 1. The van der Waals surface area contributed by atoms with Crippen molar-refractivity contribution in [3.63, 3.8) is 0 Å². The van der Waals surface area contributed by atoms with Crippen LogP contribution in [0.1, 0.15) is 28.8 Å². The lowest BCUT2D eigenvalue weighted by Gasteiger charge is -2.05. The fourth-order valence-electron chi connectivity index (χ4n) is 1.28. The minimum atomic E-state index is -0.0783. The largest absolute Gasteiger partial charge is 0.352 e. The highest BCUT2D eigenvalue weighted by Crippen LogP contribution is 2.13. The number of amides is 1. The van der Waals surface area contributed by atoms with E-state index in [2.05, 4.69) is 27.9 Å². The molecule has 3 nitrogen and oxygen atoms in total. The molecule has 0 aliphatic carbocycles. The second-order valence-corrected chi connectivity index (χ2v) is 4.69. The average molecular weight is 331 g/mol. The van der Waals surface area contributed by atoms with Gasteiger partial charge in [-0.25, -0.2) is 0 Å². The summed E-state index contributed by atoms with van der Waals surface area (Å²) in [7, 11) is 0. The molecule has 1 N–H and O–H groups in total. The number of nitrogens with one attached hydrogen (secondary N) is 1. The lowest BCUT2D eigenvalue weighted by atomic mass is 10.1. The van der Waals surface area contributed by atoms with Crippen LogP contribution in [0.2, 0.25) is 0 Å². The number of hydrogen-bond acceptors (Lipinski definition) is 2. The van der Waals surface area contributed by atoms with Gasteiger partial charge in [0.2, 0.25) is 0 Å². The highest BCUT2D eigenvalue weighted by molar-refractivity contribution is 14.1. The van der Waals surface area contributed by atoms with Crippen LogP contribution in [-0.4, -0.2) is 18.7 Å². The second-order valence-electron chi connectivity index (χ2n) is 3.53. The zero-order chi connectivity index (χ0) is 12.0. The zero-order valence-electron chi connectivity index (χ0n) is 9.13. The predicted octanol–water partition coefficient (Wildman–Crippen LogP) is 2.31. The van der Waals surface area contributed by atoms with Gasteiger partial charge >= 0.3 is 0 Å². The SMILES string of the molecule is Cc1cc(C(=O)NCCCC=O)ccc1I. The summed E-state index contributed by atoms with van der Waals surface area (Å²) in [4.78, 5) is 21.8. The molecule has 16 heavy (non-hydrogen) atoms. The molecule has 1 amide bonds. The van der Waals surface area contributed by atoms with Crippen LogP contribution in [0.4, 0.5) is 0 Å². The van der Waals surface area contributed by atoms with E-state index < -0.39 is 0 Å². The van der Waals surface area contributed by atoms with E-state index >= 15 is 0 Å². The third kappa shape index (κ3) is 3.92. The number of hydrogen-bond donors (Lipinski definition) is 1. The highest BCUT2D eigenvalue weighted by Gasteiger charge is 2.05. The molecule has 0 saturated heterocycles. The lowest BCUT2D eigenvalue weighted by molar-refractivity contribution is -0.107. The molecule has 0 atom stereocenters. The van der Waals surface area contributed by atoms with Crippen LogP contribution in [0.25, 0.3) is 0 Å². The highest BCUT2D eigenvalue weighted by atomic mass is 127. The van der Waals surface area contributed by atoms with Crippen molar-refractivity contribution < 1.29 is 9.59 Å². The van der Waals surface area contributed by atoms with Gasteiger partial charge in [-0.1, -0.05) is 0 Å². The Morgan fingerprint density at radius 3 is 2.88 bits per heavy atom. The van der Waals surface area contributed by atoms with Crippen LogP contribution in [0.15, 0.2) is 18.2 Å². The number of halogens is 1. The van der Waals surface area contributed by atoms with Crippen molar-refractivity contribution in [3.05, 3.63) is 32.9 Å². The van der Waals surface area contributed by atoms with Crippen LogP contribution in [0, 0.1) is 10.5 Å². The summed E-state index contributed by atoms with van der Waals surface area (Å²) in [6.07, 6.45) is 2.05. The maximum absolute atomic E-state index is 11.7. The van der Waals surface area contributed by atoms with Gasteiger partial charge in [-0.2, -0.15) is 0 Å². The van der Waals surface area contributed by atoms with Crippen molar-refractivity contribution in [2.24, 2.45) is 0 Å². The molecule has 0 aromatic heterocycles. The van der Waals surface area contributed by atoms with Gasteiger partial charge in [-0.05, 0) is 59.7 Å². The first-order valence-corrected chi connectivity index (χ1v) is 6.21. The molecule has 1 rings (SSSR count). The van der Waals surface area contributed by atoms with E-state index in [0.29, 0.717) is 24.9 Å². The first-order valence-electron chi connectivity index (χ1n) is 5.13. The topological polar surface area (TPSA) is 46.2 Å². The third-order valence-corrected chi connectivity index (χ3v) is 3.41. The van der Waals surface area contributed by atoms with Crippen molar-refractivity contribution in [3.8, 4) is 0 Å². The maximum atomic E-state index is 11.7. The monoisotopic (exact) mass is 331 g/mol. The van der Waals surface area contributed by atoms with Crippen LogP contribution in [0.3, 0.4) is 0 Å². The summed E-state index contributed by atoms with van der Waals surface area (Å²) >= 11 is 2.23. The third-order valence-electron chi connectivity index (χ3n) is 2.20. The van der Waals surface area contributed by atoms with Crippen molar-refractivity contribution >= 4 is 34.8 Å². The molecule has 0 aliphatic heterocycles. The van der Waals surface area contributed by atoms with E-state index in [1.807, 2.05) is 25.1 Å². The molecule has 1 aromatic carbocycles. The molecule has 0 unspecified atom stereocenters. The quantitative estimate of drug-likeness (QED) is 0.511. The average Bonchev–Trinajstić information content (AvgIpc) is 2.28. The van der Waals surface area contributed by atoms with E-state index in [4.69, 9.17) is 0 Å². The number of aryl methyl sites for hydroxylation is 1. The molecule has 0 spiro atoms. The van der Waals surface area contributed by atoms with Crippen molar-refractivity contribution in [2.75, 3.05) is 6.54 Å². The van der Waals surface area contributed by atoms with Gasteiger partial charge in [-0.3, -0.25) is 4.79 Å². The van der Waals surface area contributed by atoms with E-state index in [1.54, 1.807) is 0 Å². The molecule has 86 valence electrons. The molecule has 4 heteroatoms. The summed E-state index contributed by atoms with van der Waals surface area (Å²) < 4.78 is 1.15. The fraction of sp³-hybridized carbons (Fsp3) is 0.333. The molecule has 0 bridgehead atoms. The summed E-state index contributed by atoms with van der Waals surface area (Å²) in [5.41, 5.74) is 1.77. The van der Waals surface area contributed by atoms with Gasteiger partial charge in [0.1, 0.15) is 6.29 Å². The lowest BCUT2D eigenvalue weighted by Crippen LogP contribution is -2.24. The number of rotatable bonds is 5. The Bertz CT molecular complexity index is 391. The molecule has 0 saturated carbocycles. The number of carbonyl (C=O) groups is 2. The van der Waals surface area contributed by atoms with Crippen LogP contribution in [0.5, 0.6) is 0 Å². The zero-order valence-corrected chi connectivity index (χ0v) is 11.3. The Hall–Kier alpha value is -0.910. The first-order chi connectivity index (χ1) is 7.65. The summed E-state index contributed by atoms with van der Waals surface area (Å²) in [6, 6.07) is 5.61. The van der Waals surface area contributed by atoms with Gasteiger partial charge in [0.15, 0.2) is 0 Å². The molecular formula is C12H14INO2. The minimum Gasteiger partial charge on any atom is -0.352 e. The summed E-state index contributed by atoms with van der Waals surface area (Å²) in [5.74, 6) is -0.0783. The Morgan fingerprint density at radius 2 is 2.25 bits per heavy atom. The van der Waals surface area contributed by atoms with E-state index in [-0.39, 0.29) is 5.91 Å². The number of benzene rings is 1. The molecule has 0 heterocycles. The number of unbranched alkanes of at least 4 members (excludes halogenated alkanes) is 1. The normalized spacial score (nSPS) is 9.88. The van der Waals surface area contributed by atoms with Gasteiger partial charge in [-0.15, -0.1) is 0 Å². The maximum Gasteiger partial charge on any atom is 0.251 e. The van der Waals surface area contributed by atoms with E-state index in [1.165, 1.54) is 0 Å². The molecule has 1 aromatic rings.